The fraction of sp³-hybridized carbons (Fsp3) is 0.143. The van der Waals surface area contributed by atoms with E-state index in [1.807, 2.05) is 18.2 Å². The minimum Gasteiger partial charge on any atom is -0.0876 e. The van der Waals surface area contributed by atoms with Crippen LogP contribution in [0.25, 0.3) is 0 Å². The van der Waals surface area contributed by atoms with E-state index in [1.165, 1.54) is 5.56 Å². The third-order valence-electron chi connectivity index (χ3n) is 0.997. The fourth-order valence-electron chi connectivity index (χ4n) is 0.567. The Hall–Kier alpha value is -0.300. The monoisotopic (exact) mass is 172 g/mol. The molecule has 1 aromatic rings. The molecule has 1 rings (SSSR count). The Bertz CT molecular complexity index is 150. The van der Waals surface area contributed by atoms with E-state index >= 15 is 0 Å². The van der Waals surface area contributed by atoms with Gasteiger partial charge in [0.1, 0.15) is 0 Å². The summed E-state index contributed by atoms with van der Waals surface area (Å²) in [7, 11) is 0. The molecular weight excluding hydrogens is 164 g/mol. The molecule has 8 heavy (non-hydrogen) atoms. The molecule has 1 aromatic carbocycles. The van der Waals surface area contributed by atoms with Crippen LogP contribution in [0.3, 0.4) is 0 Å². The normalized spacial score (nSPS) is 9.12. The van der Waals surface area contributed by atoms with Crippen LogP contribution < -0.4 is 0 Å². The Labute approximate surface area is 59.1 Å². The molecule has 0 aliphatic heterocycles. The van der Waals surface area contributed by atoms with Gasteiger partial charge in [0.25, 0.3) is 0 Å². The van der Waals surface area contributed by atoms with Crippen molar-refractivity contribution in [3.8, 4) is 0 Å². The van der Waals surface area contributed by atoms with E-state index in [1.54, 1.807) is 0 Å². The van der Waals surface area contributed by atoms with Crippen molar-refractivity contribution in [1.82, 2.24) is 0 Å². The summed E-state index contributed by atoms with van der Waals surface area (Å²) >= 11 is 3.36. The minimum atomic E-state index is 0. The first-order valence-corrected chi connectivity index (χ1v) is 3.65. The SMILES string of the molecule is BrCc1ccccc1.[HH]. The largest absolute Gasteiger partial charge is 0.0876 e. The summed E-state index contributed by atoms with van der Waals surface area (Å²) in [6, 6.07) is 10.3. The van der Waals surface area contributed by atoms with Gasteiger partial charge in [0.15, 0.2) is 0 Å². The Morgan fingerprint density at radius 2 is 1.88 bits per heavy atom. The van der Waals surface area contributed by atoms with Crippen LogP contribution in [0, 0.1) is 0 Å². The standard InChI is InChI=1S/C7H7Br.H2/c8-6-7-4-2-1-3-5-7;/h1-5H,6H2;1H. The van der Waals surface area contributed by atoms with Crippen LogP contribution in [0.2, 0.25) is 0 Å². The van der Waals surface area contributed by atoms with Gasteiger partial charge in [-0.15, -0.1) is 0 Å². The molecule has 44 valence electrons. The second-order valence-corrected chi connectivity index (χ2v) is 2.18. The third-order valence-corrected chi connectivity index (χ3v) is 1.64. The summed E-state index contributed by atoms with van der Waals surface area (Å²) in [5, 5.41) is 0.952. The van der Waals surface area contributed by atoms with Crippen molar-refractivity contribution in [1.29, 1.82) is 0 Å². The van der Waals surface area contributed by atoms with Crippen LogP contribution >= 0.6 is 15.9 Å². The lowest BCUT2D eigenvalue weighted by atomic mass is 10.2. The minimum absolute atomic E-state index is 0. The van der Waals surface area contributed by atoms with Crippen molar-refractivity contribution >= 4 is 15.9 Å². The van der Waals surface area contributed by atoms with Crippen molar-refractivity contribution in [2.45, 2.75) is 5.33 Å². The first-order chi connectivity index (χ1) is 3.93. The first kappa shape index (κ1) is 5.83. The van der Waals surface area contributed by atoms with E-state index in [2.05, 4.69) is 28.1 Å². The van der Waals surface area contributed by atoms with Gasteiger partial charge in [0.2, 0.25) is 0 Å². The molecule has 0 aliphatic rings. The second kappa shape index (κ2) is 2.88. The molecule has 0 unspecified atom stereocenters. The molecule has 1 heteroatoms. The summed E-state index contributed by atoms with van der Waals surface area (Å²) < 4.78 is 0. The van der Waals surface area contributed by atoms with E-state index in [0.717, 1.165) is 5.33 Å². The summed E-state index contributed by atoms with van der Waals surface area (Å²) in [5.41, 5.74) is 1.33. The van der Waals surface area contributed by atoms with Crippen LogP contribution in [0.15, 0.2) is 30.3 Å². The van der Waals surface area contributed by atoms with Gasteiger partial charge in [-0.05, 0) is 5.56 Å². The average Bonchev–Trinajstić information content (AvgIpc) is 1.90. The highest BCUT2D eigenvalue weighted by Gasteiger charge is 1.81. The van der Waals surface area contributed by atoms with Gasteiger partial charge < -0.3 is 0 Å². The summed E-state index contributed by atoms with van der Waals surface area (Å²) in [6.07, 6.45) is 0. The first-order valence-electron chi connectivity index (χ1n) is 2.53. The van der Waals surface area contributed by atoms with E-state index in [9.17, 15) is 0 Å². The maximum atomic E-state index is 3.36. The summed E-state index contributed by atoms with van der Waals surface area (Å²) in [4.78, 5) is 0. The van der Waals surface area contributed by atoms with Gasteiger partial charge in [0, 0.05) is 6.76 Å². The lowest BCUT2D eigenvalue weighted by Crippen LogP contribution is -1.70. The maximum absolute atomic E-state index is 3.36. The van der Waals surface area contributed by atoms with E-state index in [0.29, 0.717) is 0 Å². The molecule has 0 amide bonds. The Balaban J connectivity index is 0.000000640. The molecule has 0 aromatic heterocycles. The molecule has 0 fully saturated rings. The van der Waals surface area contributed by atoms with E-state index in [-0.39, 0.29) is 1.43 Å². The van der Waals surface area contributed by atoms with Gasteiger partial charge in [0.05, 0.1) is 0 Å². The topological polar surface area (TPSA) is 0 Å². The van der Waals surface area contributed by atoms with Crippen LogP contribution in [0.5, 0.6) is 0 Å². The summed E-state index contributed by atoms with van der Waals surface area (Å²) in [6.45, 7) is 0. The predicted octanol–water partition coefficient (Wildman–Crippen LogP) is 2.83. The molecule has 0 spiro atoms. The van der Waals surface area contributed by atoms with Gasteiger partial charge in [-0.2, -0.15) is 0 Å². The van der Waals surface area contributed by atoms with Crippen LogP contribution in [0.1, 0.15) is 6.99 Å². The van der Waals surface area contributed by atoms with Crippen molar-refractivity contribution in [2.24, 2.45) is 0 Å². The zero-order valence-corrected chi connectivity index (χ0v) is 6.06. The lowest BCUT2D eigenvalue weighted by molar-refractivity contribution is 1.44. The Morgan fingerprint density at radius 3 is 2.25 bits per heavy atom. The number of rotatable bonds is 1. The molecule has 0 saturated heterocycles. The van der Waals surface area contributed by atoms with Crippen LogP contribution in [0.4, 0.5) is 0 Å². The number of alkyl halides is 1. The van der Waals surface area contributed by atoms with E-state index in [4.69, 9.17) is 0 Å². The predicted molar refractivity (Wildman–Crippen MR) is 41.2 cm³/mol. The summed E-state index contributed by atoms with van der Waals surface area (Å²) in [5.74, 6) is 0. The fourth-order valence-corrected chi connectivity index (χ4v) is 0.941. The molecule has 0 radical (unpaired) electrons. The quantitative estimate of drug-likeness (QED) is 0.572. The molecule has 0 heterocycles. The Morgan fingerprint density at radius 1 is 1.25 bits per heavy atom. The maximum Gasteiger partial charge on any atom is 0.0283 e. The Kier molecular flexibility index (Phi) is 2.10. The van der Waals surface area contributed by atoms with Gasteiger partial charge in [-0.25, -0.2) is 0 Å². The van der Waals surface area contributed by atoms with Gasteiger partial charge in [-0.3, -0.25) is 0 Å². The third kappa shape index (κ3) is 1.34. The van der Waals surface area contributed by atoms with E-state index < -0.39 is 0 Å². The smallest absolute Gasteiger partial charge is 0.0283 e. The van der Waals surface area contributed by atoms with Gasteiger partial charge >= 0.3 is 0 Å². The van der Waals surface area contributed by atoms with Gasteiger partial charge in [-0.1, -0.05) is 46.3 Å². The molecule has 0 N–H and O–H groups in total. The van der Waals surface area contributed by atoms with Crippen LogP contribution in [-0.2, 0) is 5.33 Å². The zero-order chi connectivity index (χ0) is 5.82. The number of halogens is 1. The highest BCUT2D eigenvalue weighted by molar-refractivity contribution is 9.08. The van der Waals surface area contributed by atoms with Crippen molar-refractivity contribution in [3.63, 3.8) is 0 Å². The highest BCUT2D eigenvalue weighted by atomic mass is 79.9. The molecule has 0 bridgehead atoms. The average molecular weight is 173 g/mol. The molecule has 0 nitrogen and oxygen atoms in total. The zero-order valence-electron chi connectivity index (χ0n) is 4.47. The highest BCUT2D eigenvalue weighted by Crippen LogP contribution is 2.02. The lowest BCUT2D eigenvalue weighted by Gasteiger charge is -1.88. The molecule has 0 aliphatic carbocycles. The number of hydrogen-bond acceptors (Lipinski definition) is 0. The molecule has 0 saturated carbocycles. The van der Waals surface area contributed by atoms with Crippen LogP contribution in [-0.4, -0.2) is 0 Å². The molecule has 0 atom stereocenters. The number of benzene rings is 1. The van der Waals surface area contributed by atoms with Crippen molar-refractivity contribution in [2.75, 3.05) is 0 Å². The van der Waals surface area contributed by atoms with Crippen molar-refractivity contribution < 1.29 is 1.43 Å². The number of hydrogen-bond donors (Lipinski definition) is 0. The van der Waals surface area contributed by atoms with Crippen molar-refractivity contribution in [3.05, 3.63) is 35.9 Å². The molecular formula is C7H9Br. The second-order valence-electron chi connectivity index (χ2n) is 1.62.